The SMILES string of the molecule is C(=N/N1CCOCC1)/c1ccc2c(c1)OCO2. The Morgan fingerprint density at radius 3 is 2.82 bits per heavy atom. The molecule has 0 spiro atoms. The number of rotatable bonds is 2. The zero-order valence-electron chi connectivity index (χ0n) is 9.46. The number of ether oxygens (including phenoxy) is 3. The number of fused-ring (bicyclic) bond motifs is 1. The first-order chi connectivity index (χ1) is 8.42. The number of benzene rings is 1. The van der Waals surface area contributed by atoms with E-state index in [9.17, 15) is 0 Å². The average Bonchev–Trinajstić information content (AvgIpc) is 2.85. The van der Waals surface area contributed by atoms with Crippen molar-refractivity contribution < 1.29 is 14.2 Å². The minimum absolute atomic E-state index is 0.305. The van der Waals surface area contributed by atoms with Crippen LogP contribution in [0.15, 0.2) is 23.3 Å². The van der Waals surface area contributed by atoms with Gasteiger partial charge in [-0.25, -0.2) is 0 Å². The molecule has 0 bridgehead atoms. The van der Waals surface area contributed by atoms with Gasteiger partial charge in [0.15, 0.2) is 11.5 Å². The van der Waals surface area contributed by atoms with Gasteiger partial charge >= 0.3 is 0 Å². The van der Waals surface area contributed by atoms with E-state index in [1.165, 1.54) is 0 Å². The van der Waals surface area contributed by atoms with Gasteiger partial charge in [-0.2, -0.15) is 5.10 Å². The van der Waals surface area contributed by atoms with Crippen molar-refractivity contribution in [2.45, 2.75) is 0 Å². The van der Waals surface area contributed by atoms with Crippen molar-refractivity contribution in [1.82, 2.24) is 5.01 Å². The predicted molar refractivity (Wildman–Crippen MR) is 62.6 cm³/mol. The topological polar surface area (TPSA) is 43.3 Å². The van der Waals surface area contributed by atoms with Gasteiger partial charge in [-0.1, -0.05) is 0 Å². The van der Waals surface area contributed by atoms with Crippen LogP contribution in [-0.4, -0.2) is 44.3 Å². The smallest absolute Gasteiger partial charge is 0.231 e. The van der Waals surface area contributed by atoms with E-state index < -0.39 is 0 Å². The summed E-state index contributed by atoms with van der Waals surface area (Å²) in [6.45, 7) is 3.50. The fourth-order valence-corrected chi connectivity index (χ4v) is 1.81. The number of hydrazone groups is 1. The first kappa shape index (κ1) is 10.4. The number of hydrogen-bond acceptors (Lipinski definition) is 5. The Bertz CT molecular complexity index is 428. The molecule has 2 aliphatic heterocycles. The van der Waals surface area contributed by atoms with Gasteiger partial charge in [-0.05, 0) is 23.8 Å². The highest BCUT2D eigenvalue weighted by atomic mass is 16.7. The highest BCUT2D eigenvalue weighted by Gasteiger charge is 2.12. The molecular formula is C12H14N2O3. The summed E-state index contributed by atoms with van der Waals surface area (Å²) < 4.78 is 15.8. The maximum atomic E-state index is 5.31. The predicted octanol–water partition coefficient (Wildman–Crippen LogP) is 1.08. The van der Waals surface area contributed by atoms with E-state index in [2.05, 4.69) is 5.10 Å². The Morgan fingerprint density at radius 1 is 1.12 bits per heavy atom. The molecule has 1 fully saturated rings. The van der Waals surface area contributed by atoms with E-state index in [1.54, 1.807) is 0 Å². The summed E-state index contributed by atoms with van der Waals surface area (Å²) in [5, 5.41) is 6.42. The van der Waals surface area contributed by atoms with Crippen molar-refractivity contribution in [2.75, 3.05) is 33.1 Å². The molecule has 0 saturated carbocycles. The van der Waals surface area contributed by atoms with Crippen LogP contribution in [0.1, 0.15) is 5.56 Å². The third-order valence-corrected chi connectivity index (χ3v) is 2.75. The fourth-order valence-electron chi connectivity index (χ4n) is 1.81. The molecule has 1 saturated heterocycles. The van der Waals surface area contributed by atoms with Crippen LogP contribution in [0, 0.1) is 0 Å². The second-order valence-corrected chi connectivity index (χ2v) is 3.92. The van der Waals surface area contributed by atoms with E-state index in [0.717, 1.165) is 43.4 Å². The molecule has 5 nitrogen and oxygen atoms in total. The zero-order valence-corrected chi connectivity index (χ0v) is 9.46. The molecular weight excluding hydrogens is 220 g/mol. The van der Waals surface area contributed by atoms with E-state index >= 15 is 0 Å². The van der Waals surface area contributed by atoms with Crippen LogP contribution >= 0.6 is 0 Å². The first-order valence-corrected chi connectivity index (χ1v) is 5.68. The molecule has 3 rings (SSSR count). The molecule has 0 atom stereocenters. The maximum Gasteiger partial charge on any atom is 0.231 e. The zero-order chi connectivity index (χ0) is 11.5. The Morgan fingerprint density at radius 2 is 1.94 bits per heavy atom. The lowest BCUT2D eigenvalue weighted by atomic mass is 10.2. The van der Waals surface area contributed by atoms with Gasteiger partial charge in [0.25, 0.3) is 0 Å². The van der Waals surface area contributed by atoms with Crippen molar-refractivity contribution in [2.24, 2.45) is 5.10 Å². The number of morpholine rings is 1. The van der Waals surface area contributed by atoms with Crippen LogP contribution < -0.4 is 9.47 Å². The van der Waals surface area contributed by atoms with Crippen LogP contribution in [0.25, 0.3) is 0 Å². The second kappa shape index (κ2) is 4.63. The molecule has 0 radical (unpaired) electrons. The minimum Gasteiger partial charge on any atom is -0.454 e. The molecule has 1 aromatic carbocycles. The molecule has 0 aromatic heterocycles. The second-order valence-electron chi connectivity index (χ2n) is 3.92. The number of nitrogens with zero attached hydrogens (tertiary/aromatic N) is 2. The van der Waals surface area contributed by atoms with Crippen LogP contribution in [0.3, 0.4) is 0 Å². The van der Waals surface area contributed by atoms with E-state index in [1.807, 2.05) is 29.4 Å². The molecule has 0 unspecified atom stereocenters. The average molecular weight is 234 g/mol. The fraction of sp³-hybridized carbons (Fsp3) is 0.417. The van der Waals surface area contributed by atoms with Crippen molar-refractivity contribution in [3.63, 3.8) is 0 Å². The molecule has 0 N–H and O–H groups in total. The minimum atomic E-state index is 0.305. The van der Waals surface area contributed by atoms with Crippen molar-refractivity contribution in [3.05, 3.63) is 23.8 Å². The largest absolute Gasteiger partial charge is 0.454 e. The summed E-state index contributed by atoms with van der Waals surface area (Å²) in [6.07, 6.45) is 1.84. The standard InChI is InChI=1S/C12H14N2O3/c1-2-11-12(17-9-16-11)7-10(1)8-13-14-3-5-15-6-4-14/h1-2,7-8H,3-6,9H2/b13-8-. The Labute approximate surface area is 99.6 Å². The lowest BCUT2D eigenvalue weighted by Crippen LogP contribution is -2.32. The van der Waals surface area contributed by atoms with E-state index in [-0.39, 0.29) is 0 Å². The third-order valence-electron chi connectivity index (χ3n) is 2.75. The van der Waals surface area contributed by atoms with Gasteiger partial charge in [0.1, 0.15) is 0 Å². The summed E-state index contributed by atoms with van der Waals surface area (Å²) in [5.41, 5.74) is 1.01. The van der Waals surface area contributed by atoms with Gasteiger partial charge < -0.3 is 14.2 Å². The van der Waals surface area contributed by atoms with Gasteiger partial charge in [0.2, 0.25) is 6.79 Å². The lowest BCUT2D eigenvalue weighted by molar-refractivity contribution is 0.0397. The van der Waals surface area contributed by atoms with E-state index in [0.29, 0.717) is 6.79 Å². The Kier molecular flexibility index (Phi) is 2.83. The normalized spacial score (nSPS) is 18.9. The molecule has 2 heterocycles. The van der Waals surface area contributed by atoms with Crippen molar-refractivity contribution in [3.8, 4) is 11.5 Å². The highest BCUT2D eigenvalue weighted by Crippen LogP contribution is 2.31. The molecule has 1 aromatic rings. The van der Waals surface area contributed by atoms with Crippen LogP contribution in [0.5, 0.6) is 11.5 Å². The van der Waals surface area contributed by atoms with Gasteiger partial charge in [-0.3, -0.25) is 5.01 Å². The van der Waals surface area contributed by atoms with Gasteiger partial charge in [0.05, 0.1) is 32.5 Å². The molecule has 5 heteroatoms. The van der Waals surface area contributed by atoms with Crippen LogP contribution in [0.4, 0.5) is 0 Å². The van der Waals surface area contributed by atoms with Crippen LogP contribution in [0.2, 0.25) is 0 Å². The summed E-state index contributed by atoms with van der Waals surface area (Å²) in [4.78, 5) is 0. The highest BCUT2D eigenvalue weighted by molar-refractivity contribution is 5.80. The van der Waals surface area contributed by atoms with Crippen molar-refractivity contribution >= 4 is 6.21 Å². The summed E-state index contributed by atoms with van der Waals surface area (Å²) in [7, 11) is 0. The summed E-state index contributed by atoms with van der Waals surface area (Å²) in [6, 6.07) is 5.81. The molecule has 17 heavy (non-hydrogen) atoms. The Hall–Kier alpha value is -1.75. The quantitative estimate of drug-likeness (QED) is 0.718. The number of hydrogen-bond donors (Lipinski definition) is 0. The third kappa shape index (κ3) is 2.34. The molecule has 90 valence electrons. The lowest BCUT2D eigenvalue weighted by Gasteiger charge is -2.23. The molecule has 0 amide bonds. The van der Waals surface area contributed by atoms with Crippen molar-refractivity contribution in [1.29, 1.82) is 0 Å². The maximum absolute atomic E-state index is 5.31. The Balaban J connectivity index is 1.69. The van der Waals surface area contributed by atoms with Gasteiger partial charge in [-0.15, -0.1) is 0 Å². The molecule has 2 aliphatic rings. The summed E-state index contributed by atoms with van der Waals surface area (Å²) >= 11 is 0. The van der Waals surface area contributed by atoms with E-state index in [4.69, 9.17) is 14.2 Å². The van der Waals surface area contributed by atoms with Crippen LogP contribution in [-0.2, 0) is 4.74 Å². The molecule has 0 aliphatic carbocycles. The monoisotopic (exact) mass is 234 g/mol. The summed E-state index contributed by atoms with van der Waals surface area (Å²) in [5.74, 6) is 1.59. The van der Waals surface area contributed by atoms with Gasteiger partial charge in [0, 0.05) is 0 Å². The first-order valence-electron chi connectivity index (χ1n) is 5.68.